The summed E-state index contributed by atoms with van der Waals surface area (Å²) in [6.45, 7) is 6.84. The minimum atomic E-state index is 0.447. The number of ether oxygens (including phenoxy) is 1. The Morgan fingerprint density at radius 3 is 2.40 bits per heavy atom. The summed E-state index contributed by atoms with van der Waals surface area (Å²) in [5, 5.41) is 0. The summed E-state index contributed by atoms with van der Waals surface area (Å²) in [7, 11) is 0. The Morgan fingerprint density at radius 1 is 1.00 bits per heavy atom. The van der Waals surface area contributed by atoms with E-state index in [0.717, 1.165) is 21.3 Å². The molecule has 0 heterocycles. The Hall–Kier alpha value is -0.990. The molecular weight excluding hydrogens is 336 g/mol. The van der Waals surface area contributed by atoms with Crippen LogP contribution >= 0.6 is 27.5 Å². The molecule has 0 saturated carbocycles. The molecule has 0 N–H and O–H groups in total. The van der Waals surface area contributed by atoms with Crippen molar-refractivity contribution >= 4 is 27.5 Å². The monoisotopic (exact) mass is 352 g/mol. The second-order valence-electron chi connectivity index (χ2n) is 5.05. The molecule has 0 amide bonds. The van der Waals surface area contributed by atoms with Crippen LogP contribution in [0.2, 0.25) is 0 Å². The molecule has 0 aromatic heterocycles. The van der Waals surface area contributed by atoms with Crippen LogP contribution < -0.4 is 4.74 Å². The smallest absolute Gasteiger partial charge is 0.127 e. The second kappa shape index (κ2) is 6.64. The maximum absolute atomic E-state index is 6.00. The number of halogens is 2. The molecule has 0 saturated heterocycles. The lowest BCUT2D eigenvalue weighted by atomic mass is 10.1. The molecule has 2 aromatic carbocycles. The molecule has 0 radical (unpaired) electrons. The highest BCUT2D eigenvalue weighted by Gasteiger charge is 2.09. The largest absolute Gasteiger partial charge is 0.488 e. The third-order valence-corrected chi connectivity index (χ3v) is 4.16. The predicted octanol–water partition coefficient (Wildman–Crippen LogP) is 5.69. The number of alkyl halides is 1. The zero-order chi connectivity index (χ0) is 14.7. The van der Waals surface area contributed by atoms with Crippen LogP contribution in [0, 0.1) is 20.8 Å². The van der Waals surface area contributed by atoms with Gasteiger partial charge in [0.2, 0.25) is 0 Å². The summed E-state index contributed by atoms with van der Waals surface area (Å²) in [5.41, 5.74) is 5.88. The topological polar surface area (TPSA) is 9.23 Å². The van der Waals surface area contributed by atoms with Crippen molar-refractivity contribution < 1.29 is 4.74 Å². The summed E-state index contributed by atoms with van der Waals surface area (Å²) in [6, 6.07) is 10.5. The fraction of sp³-hybridized carbons (Fsp3) is 0.294. The molecule has 0 bridgehead atoms. The van der Waals surface area contributed by atoms with Crippen LogP contribution in [-0.2, 0) is 12.5 Å². The molecular formula is C17H18BrClO. The van der Waals surface area contributed by atoms with Crippen molar-refractivity contribution in [2.45, 2.75) is 33.3 Å². The van der Waals surface area contributed by atoms with E-state index in [4.69, 9.17) is 16.3 Å². The van der Waals surface area contributed by atoms with Crippen molar-refractivity contribution in [2.75, 3.05) is 0 Å². The average molecular weight is 354 g/mol. The van der Waals surface area contributed by atoms with Crippen LogP contribution in [0.15, 0.2) is 34.8 Å². The van der Waals surface area contributed by atoms with Crippen molar-refractivity contribution in [1.29, 1.82) is 0 Å². The van der Waals surface area contributed by atoms with E-state index in [9.17, 15) is 0 Å². The zero-order valence-corrected chi connectivity index (χ0v) is 14.3. The average Bonchev–Trinajstić information content (AvgIpc) is 2.40. The fourth-order valence-electron chi connectivity index (χ4n) is 2.15. The number of hydrogen-bond donors (Lipinski definition) is 0. The summed E-state index contributed by atoms with van der Waals surface area (Å²) in [5.74, 6) is 1.34. The van der Waals surface area contributed by atoms with E-state index in [1.165, 1.54) is 16.7 Å². The lowest BCUT2D eigenvalue weighted by molar-refractivity contribution is 0.301. The maximum atomic E-state index is 6.00. The summed E-state index contributed by atoms with van der Waals surface area (Å²) in [4.78, 5) is 0. The summed E-state index contributed by atoms with van der Waals surface area (Å²) >= 11 is 9.49. The number of hydrogen-bond acceptors (Lipinski definition) is 1. The van der Waals surface area contributed by atoms with Gasteiger partial charge in [-0.05, 0) is 55.2 Å². The summed E-state index contributed by atoms with van der Waals surface area (Å²) < 4.78 is 7.02. The Bertz CT molecular complexity index is 623. The van der Waals surface area contributed by atoms with Gasteiger partial charge in [0, 0.05) is 10.0 Å². The number of rotatable bonds is 4. The lowest BCUT2D eigenvalue weighted by Gasteiger charge is -2.14. The number of benzene rings is 2. The lowest BCUT2D eigenvalue weighted by Crippen LogP contribution is -2.01. The first kappa shape index (κ1) is 15.4. The van der Waals surface area contributed by atoms with Gasteiger partial charge in [-0.25, -0.2) is 0 Å². The highest BCUT2D eigenvalue weighted by molar-refractivity contribution is 9.10. The Labute approximate surface area is 134 Å². The fourth-order valence-corrected chi connectivity index (χ4v) is 2.97. The first-order chi connectivity index (χ1) is 9.51. The van der Waals surface area contributed by atoms with Gasteiger partial charge in [0.05, 0.1) is 5.88 Å². The molecule has 0 spiro atoms. The minimum Gasteiger partial charge on any atom is -0.488 e. The number of aryl methyl sites for hydroxylation is 3. The Balaban J connectivity index is 2.20. The molecule has 3 heteroatoms. The zero-order valence-electron chi connectivity index (χ0n) is 12.0. The normalized spacial score (nSPS) is 10.7. The van der Waals surface area contributed by atoms with Gasteiger partial charge in [-0.2, -0.15) is 0 Å². The molecule has 2 rings (SSSR count). The molecule has 0 unspecified atom stereocenters. The first-order valence-electron chi connectivity index (χ1n) is 6.55. The predicted molar refractivity (Wildman–Crippen MR) is 88.7 cm³/mol. The van der Waals surface area contributed by atoms with E-state index >= 15 is 0 Å². The second-order valence-corrected chi connectivity index (χ2v) is 6.23. The molecule has 0 aliphatic carbocycles. The molecule has 20 heavy (non-hydrogen) atoms. The van der Waals surface area contributed by atoms with Gasteiger partial charge in [-0.1, -0.05) is 34.1 Å². The van der Waals surface area contributed by atoms with E-state index in [1.54, 1.807) is 0 Å². The Morgan fingerprint density at radius 2 is 1.75 bits per heavy atom. The van der Waals surface area contributed by atoms with E-state index in [-0.39, 0.29) is 0 Å². The van der Waals surface area contributed by atoms with Gasteiger partial charge in [0.25, 0.3) is 0 Å². The minimum absolute atomic E-state index is 0.447. The first-order valence-corrected chi connectivity index (χ1v) is 7.88. The van der Waals surface area contributed by atoms with Crippen LogP contribution in [0.1, 0.15) is 27.8 Å². The van der Waals surface area contributed by atoms with Gasteiger partial charge < -0.3 is 4.74 Å². The highest BCUT2D eigenvalue weighted by atomic mass is 79.9. The van der Waals surface area contributed by atoms with Crippen molar-refractivity contribution in [2.24, 2.45) is 0 Å². The van der Waals surface area contributed by atoms with Crippen molar-refractivity contribution in [3.05, 3.63) is 62.6 Å². The van der Waals surface area contributed by atoms with E-state index in [2.05, 4.69) is 48.0 Å². The quantitative estimate of drug-likeness (QED) is 0.641. The third kappa shape index (κ3) is 3.56. The van der Waals surface area contributed by atoms with Gasteiger partial charge in [-0.3, -0.25) is 0 Å². The summed E-state index contributed by atoms with van der Waals surface area (Å²) in [6.07, 6.45) is 0. The van der Waals surface area contributed by atoms with Crippen LogP contribution in [-0.4, -0.2) is 0 Å². The molecule has 1 nitrogen and oxygen atoms in total. The third-order valence-electron chi connectivity index (χ3n) is 3.41. The van der Waals surface area contributed by atoms with Crippen LogP contribution in [0.3, 0.4) is 0 Å². The maximum Gasteiger partial charge on any atom is 0.127 e. The van der Waals surface area contributed by atoms with Crippen LogP contribution in [0.4, 0.5) is 0 Å². The van der Waals surface area contributed by atoms with E-state index < -0.39 is 0 Å². The van der Waals surface area contributed by atoms with Crippen molar-refractivity contribution in [3.63, 3.8) is 0 Å². The van der Waals surface area contributed by atoms with Crippen LogP contribution in [0.25, 0.3) is 0 Å². The van der Waals surface area contributed by atoms with Crippen molar-refractivity contribution in [1.82, 2.24) is 0 Å². The van der Waals surface area contributed by atoms with Crippen LogP contribution in [0.5, 0.6) is 5.75 Å². The highest BCUT2D eigenvalue weighted by Crippen LogP contribution is 2.30. The van der Waals surface area contributed by atoms with Gasteiger partial charge >= 0.3 is 0 Å². The Kier molecular flexibility index (Phi) is 5.11. The SMILES string of the molecule is Cc1ccc(COc2c(C)cc(Br)cc2CCl)cc1C. The standard InChI is InChI=1S/C17H18BrClO/c1-11-4-5-14(6-12(11)2)10-20-17-13(3)7-16(18)8-15(17)9-19/h4-8H,9-10H2,1-3H3. The molecule has 0 aliphatic rings. The van der Waals surface area contributed by atoms with Crippen molar-refractivity contribution in [3.8, 4) is 5.75 Å². The van der Waals surface area contributed by atoms with Gasteiger partial charge in [0.1, 0.15) is 12.4 Å². The molecule has 0 fully saturated rings. The molecule has 0 aliphatic heterocycles. The molecule has 0 atom stereocenters. The van der Waals surface area contributed by atoms with E-state index in [1.807, 2.05) is 19.1 Å². The molecule has 2 aromatic rings. The molecule has 106 valence electrons. The van der Waals surface area contributed by atoms with Gasteiger partial charge in [0.15, 0.2) is 0 Å². The van der Waals surface area contributed by atoms with Gasteiger partial charge in [-0.15, -0.1) is 11.6 Å². The van der Waals surface area contributed by atoms with E-state index in [0.29, 0.717) is 12.5 Å².